The maximum atomic E-state index is 13.5. The summed E-state index contributed by atoms with van der Waals surface area (Å²) < 4.78 is 0. The number of para-hydroxylation sites is 1. The van der Waals surface area contributed by atoms with Gasteiger partial charge in [0.25, 0.3) is 5.91 Å². The molecule has 4 rings (SSSR count). The monoisotopic (exact) mass is 392 g/mol. The van der Waals surface area contributed by atoms with E-state index in [4.69, 9.17) is 0 Å². The van der Waals surface area contributed by atoms with E-state index in [-0.39, 0.29) is 5.91 Å². The molecule has 2 aliphatic heterocycles. The molecule has 1 atom stereocenters. The predicted octanol–water partition coefficient (Wildman–Crippen LogP) is 3.81. The maximum absolute atomic E-state index is 13.5. The third kappa shape index (κ3) is 4.61. The fraction of sp³-hybridized carbons (Fsp3) is 0.500. The highest BCUT2D eigenvalue weighted by atomic mass is 16.2. The summed E-state index contributed by atoms with van der Waals surface area (Å²) in [7, 11) is 0. The first-order valence-electron chi connectivity index (χ1n) is 11.0. The van der Waals surface area contributed by atoms with Gasteiger partial charge in [-0.2, -0.15) is 0 Å². The largest absolute Gasteiger partial charge is 0.371 e. The van der Waals surface area contributed by atoms with Gasteiger partial charge in [0.1, 0.15) is 0 Å². The molecule has 0 spiro atoms. The first kappa shape index (κ1) is 19.9. The maximum Gasteiger partial charge on any atom is 0.256 e. The number of piperidine rings is 1. The van der Waals surface area contributed by atoms with E-state index < -0.39 is 0 Å². The Balaban J connectivity index is 1.47. The molecule has 5 heteroatoms. The van der Waals surface area contributed by atoms with Crippen LogP contribution in [0.1, 0.15) is 48.5 Å². The van der Waals surface area contributed by atoms with Gasteiger partial charge in [0.2, 0.25) is 0 Å². The number of carbonyl (C=O) groups excluding carboxylic acids is 1. The number of hydrogen-bond acceptors (Lipinski definition) is 4. The van der Waals surface area contributed by atoms with Crippen molar-refractivity contribution in [2.45, 2.75) is 45.2 Å². The van der Waals surface area contributed by atoms with Crippen LogP contribution in [0.5, 0.6) is 0 Å². The first-order valence-corrected chi connectivity index (χ1v) is 11.0. The average molecular weight is 393 g/mol. The van der Waals surface area contributed by atoms with Crippen LogP contribution in [0.4, 0.5) is 5.69 Å². The number of amides is 1. The van der Waals surface area contributed by atoms with Gasteiger partial charge in [0.15, 0.2) is 0 Å². The van der Waals surface area contributed by atoms with Gasteiger partial charge in [-0.3, -0.25) is 14.7 Å². The number of anilines is 1. The lowest BCUT2D eigenvalue weighted by atomic mass is 10.0. The van der Waals surface area contributed by atoms with Gasteiger partial charge in [-0.1, -0.05) is 19.1 Å². The van der Waals surface area contributed by atoms with Gasteiger partial charge < -0.3 is 9.80 Å². The summed E-state index contributed by atoms with van der Waals surface area (Å²) in [5, 5.41) is 0. The molecule has 1 amide bonds. The van der Waals surface area contributed by atoms with Crippen molar-refractivity contribution < 1.29 is 4.79 Å². The van der Waals surface area contributed by atoms with Crippen molar-refractivity contribution in [2.24, 2.45) is 0 Å². The summed E-state index contributed by atoms with van der Waals surface area (Å²) in [6, 6.07) is 12.7. The molecular weight excluding hydrogens is 360 g/mol. The zero-order valence-electron chi connectivity index (χ0n) is 17.5. The van der Waals surface area contributed by atoms with Crippen molar-refractivity contribution in [3.63, 3.8) is 0 Å². The molecule has 2 aromatic rings. The van der Waals surface area contributed by atoms with E-state index in [1.807, 2.05) is 24.5 Å². The number of pyridine rings is 1. The van der Waals surface area contributed by atoms with E-state index in [1.54, 1.807) is 0 Å². The summed E-state index contributed by atoms with van der Waals surface area (Å²) in [5.74, 6) is 0.192. The third-order valence-corrected chi connectivity index (χ3v) is 6.32. The van der Waals surface area contributed by atoms with Crippen LogP contribution < -0.4 is 4.90 Å². The number of likely N-dealkylation sites (tertiary alicyclic amines) is 1. The van der Waals surface area contributed by atoms with E-state index >= 15 is 0 Å². The summed E-state index contributed by atoms with van der Waals surface area (Å²) in [5.41, 5.74) is 3.26. The molecule has 3 heterocycles. The van der Waals surface area contributed by atoms with Crippen LogP contribution in [-0.2, 0) is 6.54 Å². The fourth-order valence-electron chi connectivity index (χ4n) is 4.72. The van der Waals surface area contributed by atoms with Gasteiger partial charge in [0, 0.05) is 56.8 Å². The van der Waals surface area contributed by atoms with Crippen molar-refractivity contribution in [2.75, 3.05) is 37.6 Å². The molecule has 0 saturated carbocycles. The highest BCUT2D eigenvalue weighted by Gasteiger charge is 2.29. The van der Waals surface area contributed by atoms with Crippen LogP contribution in [0.3, 0.4) is 0 Å². The zero-order valence-corrected chi connectivity index (χ0v) is 17.5. The molecule has 1 aromatic carbocycles. The molecule has 0 aliphatic carbocycles. The van der Waals surface area contributed by atoms with Crippen LogP contribution >= 0.6 is 0 Å². The normalized spacial score (nSPS) is 19.7. The molecule has 154 valence electrons. The van der Waals surface area contributed by atoms with Crippen molar-refractivity contribution in [1.82, 2.24) is 14.8 Å². The molecule has 0 unspecified atom stereocenters. The van der Waals surface area contributed by atoms with E-state index in [0.717, 1.165) is 63.4 Å². The van der Waals surface area contributed by atoms with E-state index in [9.17, 15) is 4.79 Å². The van der Waals surface area contributed by atoms with Gasteiger partial charge in [0.05, 0.1) is 5.56 Å². The number of rotatable bonds is 6. The Labute approximate surface area is 174 Å². The summed E-state index contributed by atoms with van der Waals surface area (Å²) in [6.07, 6.45) is 8.36. The Kier molecular flexibility index (Phi) is 6.45. The number of carbonyl (C=O) groups is 1. The zero-order chi connectivity index (χ0) is 20.1. The number of likely N-dealkylation sites (N-methyl/N-ethyl adjacent to an activating group) is 1. The molecule has 0 N–H and O–H groups in total. The summed E-state index contributed by atoms with van der Waals surface area (Å²) in [6.45, 7) is 7.90. The highest BCUT2D eigenvalue weighted by molar-refractivity contribution is 6.00. The Bertz CT molecular complexity index is 804. The topological polar surface area (TPSA) is 39.7 Å². The van der Waals surface area contributed by atoms with Crippen molar-refractivity contribution in [3.8, 4) is 0 Å². The van der Waals surface area contributed by atoms with E-state index in [2.05, 4.69) is 50.9 Å². The second-order valence-electron chi connectivity index (χ2n) is 8.18. The first-order chi connectivity index (χ1) is 14.3. The molecule has 2 aliphatic rings. The summed E-state index contributed by atoms with van der Waals surface area (Å²) >= 11 is 0. The summed E-state index contributed by atoms with van der Waals surface area (Å²) in [4.78, 5) is 24.5. The average Bonchev–Trinajstić information content (AvgIpc) is 3.32. The number of nitrogens with zero attached hydrogens (tertiary/aromatic N) is 4. The molecule has 5 nitrogen and oxygen atoms in total. The van der Waals surface area contributed by atoms with Crippen LogP contribution in [0, 0.1) is 0 Å². The minimum Gasteiger partial charge on any atom is -0.371 e. The minimum atomic E-state index is 0.192. The Morgan fingerprint density at radius 3 is 2.59 bits per heavy atom. The lowest BCUT2D eigenvalue weighted by molar-refractivity contribution is 0.0570. The predicted molar refractivity (Wildman–Crippen MR) is 117 cm³/mol. The standard InChI is InChI=1S/C24H32N4O/c1-2-26(18-20-11-13-25-14-12-20)21-8-7-17-28(19-21)24(29)22-9-3-4-10-23(22)27-15-5-6-16-27/h3-4,9-14,21H,2,5-8,15-19H2,1H3/t21-/m0/s1. The second kappa shape index (κ2) is 9.40. The highest BCUT2D eigenvalue weighted by Crippen LogP contribution is 2.27. The lowest BCUT2D eigenvalue weighted by Gasteiger charge is -2.39. The molecule has 1 aromatic heterocycles. The molecule has 29 heavy (non-hydrogen) atoms. The van der Waals surface area contributed by atoms with Crippen LogP contribution in [-0.4, -0.2) is 59.5 Å². The molecule has 0 bridgehead atoms. The van der Waals surface area contributed by atoms with Gasteiger partial charge in [-0.05, 0) is 62.1 Å². The SMILES string of the molecule is CCN(Cc1ccncc1)[C@H]1CCCN(C(=O)c2ccccc2N2CCCC2)C1. The van der Waals surface area contributed by atoms with E-state index in [1.165, 1.54) is 18.4 Å². The molecule has 0 radical (unpaired) electrons. The van der Waals surface area contributed by atoms with Crippen LogP contribution in [0.2, 0.25) is 0 Å². The second-order valence-corrected chi connectivity index (χ2v) is 8.18. The molecule has 2 fully saturated rings. The Morgan fingerprint density at radius 2 is 1.83 bits per heavy atom. The quantitative estimate of drug-likeness (QED) is 0.749. The van der Waals surface area contributed by atoms with Gasteiger partial charge >= 0.3 is 0 Å². The van der Waals surface area contributed by atoms with Crippen LogP contribution in [0.25, 0.3) is 0 Å². The molecule has 2 saturated heterocycles. The van der Waals surface area contributed by atoms with E-state index in [0.29, 0.717) is 6.04 Å². The van der Waals surface area contributed by atoms with Crippen molar-refractivity contribution in [1.29, 1.82) is 0 Å². The smallest absolute Gasteiger partial charge is 0.256 e. The number of hydrogen-bond donors (Lipinski definition) is 0. The van der Waals surface area contributed by atoms with Crippen molar-refractivity contribution in [3.05, 3.63) is 59.9 Å². The van der Waals surface area contributed by atoms with Gasteiger partial charge in [-0.25, -0.2) is 0 Å². The minimum absolute atomic E-state index is 0.192. The number of benzene rings is 1. The number of aromatic nitrogens is 1. The Hall–Kier alpha value is -2.40. The van der Waals surface area contributed by atoms with Gasteiger partial charge in [-0.15, -0.1) is 0 Å². The van der Waals surface area contributed by atoms with Crippen LogP contribution in [0.15, 0.2) is 48.8 Å². The van der Waals surface area contributed by atoms with Crippen molar-refractivity contribution >= 4 is 11.6 Å². The lowest BCUT2D eigenvalue weighted by Crippen LogP contribution is -2.49. The molecular formula is C24H32N4O. The third-order valence-electron chi connectivity index (χ3n) is 6.32. The fourth-order valence-corrected chi connectivity index (χ4v) is 4.72. The Morgan fingerprint density at radius 1 is 1.07 bits per heavy atom.